The summed E-state index contributed by atoms with van der Waals surface area (Å²) in [7, 11) is 0. The van der Waals surface area contributed by atoms with Gasteiger partial charge in [0.15, 0.2) is 0 Å². The first-order valence-corrected chi connectivity index (χ1v) is 5.87. The van der Waals surface area contributed by atoms with Crippen LogP contribution in [0.25, 0.3) is 0 Å². The molecule has 1 aliphatic heterocycles. The van der Waals surface area contributed by atoms with Gasteiger partial charge in [-0.15, -0.1) is 0 Å². The van der Waals surface area contributed by atoms with Crippen molar-refractivity contribution in [3.63, 3.8) is 0 Å². The van der Waals surface area contributed by atoms with Crippen LogP contribution in [-0.2, 0) is 4.79 Å². The highest BCUT2D eigenvalue weighted by Gasteiger charge is 2.25. The molecule has 0 saturated carbocycles. The van der Waals surface area contributed by atoms with Gasteiger partial charge >= 0.3 is 0 Å². The van der Waals surface area contributed by atoms with Crippen LogP contribution >= 0.6 is 11.8 Å². The fraction of sp³-hybridized carbons (Fsp3) is 0.167. The van der Waals surface area contributed by atoms with E-state index >= 15 is 0 Å². The number of nitrogens with zero attached hydrogens (tertiary/aromatic N) is 1. The van der Waals surface area contributed by atoms with Crippen molar-refractivity contribution in [2.45, 2.75) is 6.92 Å². The molecule has 0 saturated heterocycles. The van der Waals surface area contributed by atoms with E-state index < -0.39 is 0 Å². The van der Waals surface area contributed by atoms with Gasteiger partial charge in [-0.2, -0.15) is 0 Å². The number of carbonyl (C=O) groups is 1. The second-order valence-electron chi connectivity index (χ2n) is 3.43. The predicted octanol–water partition coefficient (Wildman–Crippen LogP) is 2.86. The molecule has 0 unspecified atom stereocenters. The zero-order chi connectivity index (χ0) is 11.5. The molecule has 1 aliphatic rings. The molecule has 4 heteroatoms. The summed E-state index contributed by atoms with van der Waals surface area (Å²) in [6.07, 6.45) is 0. The van der Waals surface area contributed by atoms with Crippen LogP contribution < -0.4 is 0 Å². The number of para-hydroxylation sites is 1. The molecular weight excluding hydrogens is 222 g/mol. The minimum atomic E-state index is -0.102. The lowest BCUT2D eigenvalue weighted by Gasteiger charge is -2.00. The lowest BCUT2D eigenvalue weighted by molar-refractivity contribution is -0.107. The molecule has 16 heavy (non-hydrogen) atoms. The van der Waals surface area contributed by atoms with E-state index in [1.54, 1.807) is 6.92 Å². The van der Waals surface area contributed by atoms with Gasteiger partial charge in [0.05, 0.1) is 22.7 Å². The van der Waals surface area contributed by atoms with E-state index in [9.17, 15) is 9.90 Å². The summed E-state index contributed by atoms with van der Waals surface area (Å²) in [6, 6.07) is 9.38. The van der Waals surface area contributed by atoms with E-state index in [4.69, 9.17) is 0 Å². The van der Waals surface area contributed by atoms with E-state index in [0.29, 0.717) is 17.0 Å². The summed E-state index contributed by atoms with van der Waals surface area (Å²) in [4.78, 5) is 15.8. The largest absolute Gasteiger partial charge is 0.511 e. The molecule has 1 aromatic carbocycles. The molecule has 82 valence electrons. The number of carbonyl (C=O) groups excluding carboxylic acids is 1. The Kier molecular flexibility index (Phi) is 3.10. The molecule has 0 bridgehead atoms. The molecule has 2 rings (SSSR count). The van der Waals surface area contributed by atoms with Crippen LogP contribution in [0.1, 0.15) is 6.92 Å². The van der Waals surface area contributed by atoms with Crippen molar-refractivity contribution < 1.29 is 9.90 Å². The topological polar surface area (TPSA) is 49.7 Å². The first kappa shape index (κ1) is 11.0. The summed E-state index contributed by atoms with van der Waals surface area (Å²) in [5.74, 6) is 0.489. The second kappa shape index (κ2) is 4.53. The van der Waals surface area contributed by atoms with E-state index in [-0.39, 0.29) is 10.9 Å². The molecule has 1 aromatic rings. The number of aliphatic hydroxyl groups excluding tert-OH is 1. The highest BCUT2D eigenvalue weighted by atomic mass is 32.2. The van der Waals surface area contributed by atoms with Crippen molar-refractivity contribution in [1.82, 2.24) is 0 Å². The van der Waals surface area contributed by atoms with Gasteiger partial charge in [0.1, 0.15) is 5.76 Å². The van der Waals surface area contributed by atoms with Crippen LogP contribution in [0.15, 0.2) is 46.7 Å². The lowest BCUT2D eigenvalue weighted by atomic mass is 10.1. The van der Waals surface area contributed by atoms with Gasteiger partial charge in [0.2, 0.25) is 5.12 Å². The van der Waals surface area contributed by atoms with Crippen LogP contribution in [0.4, 0.5) is 5.69 Å². The lowest BCUT2D eigenvalue weighted by Crippen LogP contribution is -2.04. The molecule has 0 radical (unpaired) electrons. The number of benzene rings is 1. The highest BCUT2D eigenvalue weighted by molar-refractivity contribution is 8.14. The normalized spacial score (nSPS) is 17.1. The number of hydrogen-bond acceptors (Lipinski definition) is 4. The Morgan fingerprint density at radius 1 is 1.38 bits per heavy atom. The van der Waals surface area contributed by atoms with E-state index in [0.717, 1.165) is 17.4 Å². The SMILES string of the molecule is CC(=Nc1ccccc1)C1=C(O)CSC1=O. The Bertz CT molecular complexity index is 477. The maximum absolute atomic E-state index is 11.5. The van der Waals surface area contributed by atoms with Crippen molar-refractivity contribution in [2.75, 3.05) is 5.75 Å². The summed E-state index contributed by atoms with van der Waals surface area (Å²) in [6.45, 7) is 1.74. The molecule has 0 amide bonds. The quantitative estimate of drug-likeness (QED) is 0.799. The molecule has 0 aromatic heterocycles. The maximum Gasteiger partial charge on any atom is 0.225 e. The van der Waals surface area contributed by atoms with Crippen LogP contribution in [0.2, 0.25) is 0 Å². The molecule has 3 nitrogen and oxygen atoms in total. The average molecular weight is 233 g/mol. The number of hydrogen-bond donors (Lipinski definition) is 1. The molecule has 0 fully saturated rings. The molecule has 0 spiro atoms. The molecule has 0 aliphatic carbocycles. The predicted molar refractivity (Wildman–Crippen MR) is 66.3 cm³/mol. The van der Waals surface area contributed by atoms with Crippen LogP contribution in [0.5, 0.6) is 0 Å². The molecule has 0 atom stereocenters. The van der Waals surface area contributed by atoms with Gasteiger partial charge in [0, 0.05) is 0 Å². The Morgan fingerprint density at radius 3 is 2.62 bits per heavy atom. The van der Waals surface area contributed by atoms with Crippen LogP contribution in [0, 0.1) is 0 Å². The first-order chi connectivity index (χ1) is 7.68. The third-order valence-corrected chi connectivity index (χ3v) is 3.13. The summed E-state index contributed by atoms with van der Waals surface area (Å²) in [5.41, 5.74) is 1.71. The van der Waals surface area contributed by atoms with Gasteiger partial charge in [0.25, 0.3) is 0 Å². The van der Waals surface area contributed by atoms with Crippen molar-refractivity contribution in [3.8, 4) is 0 Å². The highest BCUT2D eigenvalue weighted by Crippen LogP contribution is 2.26. The number of aliphatic imine (C=N–C) groups is 1. The monoisotopic (exact) mass is 233 g/mol. The Hall–Kier alpha value is -1.55. The van der Waals surface area contributed by atoms with Crippen molar-refractivity contribution in [2.24, 2.45) is 4.99 Å². The summed E-state index contributed by atoms with van der Waals surface area (Å²) >= 11 is 1.11. The summed E-state index contributed by atoms with van der Waals surface area (Å²) < 4.78 is 0. The van der Waals surface area contributed by atoms with Crippen molar-refractivity contribution in [1.29, 1.82) is 0 Å². The molecule has 1 heterocycles. The van der Waals surface area contributed by atoms with Crippen LogP contribution in [0.3, 0.4) is 0 Å². The first-order valence-electron chi connectivity index (χ1n) is 4.88. The Labute approximate surface area is 97.9 Å². The van der Waals surface area contributed by atoms with E-state index in [1.165, 1.54) is 0 Å². The Balaban J connectivity index is 2.33. The van der Waals surface area contributed by atoms with E-state index in [2.05, 4.69) is 4.99 Å². The smallest absolute Gasteiger partial charge is 0.225 e. The third kappa shape index (κ3) is 2.17. The van der Waals surface area contributed by atoms with E-state index in [1.807, 2.05) is 30.3 Å². The second-order valence-corrected chi connectivity index (χ2v) is 4.38. The van der Waals surface area contributed by atoms with Crippen molar-refractivity contribution in [3.05, 3.63) is 41.7 Å². The van der Waals surface area contributed by atoms with Gasteiger partial charge in [-0.1, -0.05) is 30.0 Å². The van der Waals surface area contributed by atoms with Gasteiger partial charge in [-0.3, -0.25) is 9.79 Å². The minimum Gasteiger partial charge on any atom is -0.511 e. The minimum absolute atomic E-state index is 0.102. The maximum atomic E-state index is 11.5. The third-order valence-electron chi connectivity index (χ3n) is 2.25. The number of thioether (sulfide) groups is 1. The molecule has 1 N–H and O–H groups in total. The van der Waals surface area contributed by atoms with Gasteiger partial charge < -0.3 is 5.11 Å². The Morgan fingerprint density at radius 2 is 2.06 bits per heavy atom. The number of rotatable bonds is 2. The summed E-state index contributed by atoms with van der Waals surface area (Å²) in [5, 5.41) is 9.46. The average Bonchev–Trinajstić information content (AvgIpc) is 2.60. The standard InChI is InChI=1S/C12H11NO2S/c1-8(11-10(14)7-16-12(11)15)13-9-5-3-2-4-6-9/h2-6,14H,7H2,1H3. The van der Waals surface area contributed by atoms with Gasteiger partial charge in [-0.05, 0) is 19.1 Å². The van der Waals surface area contributed by atoms with Crippen molar-refractivity contribution >= 4 is 28.3 Å². The van der Waals surface area contributed by atoms with Gasteiger partial charge in [-0.25, -0.2) is 0 Å². The fourth-order valence-electron chi connectivity index (χ4n) is 1.50. The zero-order valence-corrected chi connectivity index (χ0v) is 9.62. The molecular formula is C12H11NO2S. The fourth-order valence-corrected chi connectivity index (χ4v) is 2.33. The number of aliphatic hydroxyl groups is 1. The van der Waals surface area contributed by atoms with Crippen LogP contribution in [-0.4, -0.2) is 21.7 Å². The zero-order valence-electron chi connectivity index (χ0n) is 8.80.